The number of methoxy groups -OCH3 is 1. The highest BCUT2D eigenvalue weighted by Crippen LogP contribution is 2.29. The summed E-state index contributed by atoms with van der Waals surface area (Å²) in [5.41, 5.74) is 0.247. The number of fused-ring (bicyclic) bond motifs is 1. The Balaban J connectivity index is 1.58. The molecule has 0 unspecified atom stereocenters. The predicted octanol–water partition coefficient (Wildman–Crippen LogP) is 5.47. The number of carbonyl (C=O) groups excluding carboxylic acids is 1. The molecule has 0 spiro atoms. The first-order valence-electron chi connectivity index (χ1n) is 8.89. The van der Waals surface area contributed by atoms with Gasteiger partial charge < -0.3 is 18.6 Å². The molecule has 30 heavy (non-hydrogen) atoms. The molecule has 4 rings (SSSR count). The van der Waals surface area contributed by atoms with Crippen molar-refractivity contribution in [2.45, 2.75) is 0 Å². The van der Waals surface area contributed by atoms with Crippen LogP contribution in [0.3, 0.4) is 0 Å². The molecule has 4 aromatic rings. The Hall–Kier alpha value is -3.77. The molecule has 0 aliphatic rings. The lowest BCUT2D eigenvalue weighted by molar-refractivity contribution is 0.0735. The van der Waals surface area contributed by atoms with Crippen molar-refractivity contribution in [3.63, 3.8) is 0 Å². The zero-order valence-corrected chi connectivity index (χ0v) is 16.5. The van der Waals surface area contributed by atoms with Crippen molar-refractivity contribution in [2.24, 2.45) is 0 Å². The number of halogens is 1. The van der Waals surface area contributed by atoms with Crippen molar-refractivity contribution in [3.05, 3.63) is 93.8 Å². The maximum absolute atomic E-state index is 12.7. The zero-order valence-electron chi connectivity index (χ0n) is 15.8. The molecule has 7 heteroatoms. The average molecular weight is 423 g/mol. The third-order valence-corrected chi connectivity index (χ3v) is 4.62. The van der Waals surface area contributed by atoms with Crippen LogP contribution in [0.2, 0.25) is 5.02 Å². The Morgan fingerprint density at radius 1 is 0.933 bits per heavy atom. The topological polar surface area (TPSA) is 75.0 Å². The van der Waals surface area contributed by atoms with E-state index >= 15 is 0 Å². The molecule has 0 aliphatic heterocycles. The third kappa shape index (κ3) is 3.99. The molecule has 0 aliphatic carbocycles. The molecule has 0 amide bonds. The number of carbonyl (C=O) groups is 1. The maximum atomic E-state index is 12.7. The van der Waals surface area contributed by atoms with Crippen molar-refractivity contribution in [1.29, 1.82) is 0 Å². The van der Waals surface area contributed by atoms with Crippen LogP contribution in [0.15, 0.2) is 82.2 Å². The van der Waals surface area contributed by atoms with Gasteiger partial charge in [0.15, 0.2) is 0 Å². The monoisotopic (exact) mass is 422 g/mol. The highest BCUT2D eigenvalue weighted by molar-refractivity contribution is 6.32. The second kappa shape index (κ2) is 8.31. The second-order valence-electron chi connectivity index (χ2n) is 6.24. The molecule has 0 atom stereocenters. The van der Waals surface area contributed by atoms with Gasteiger partial charge in [0.1, 0.15) is 29.1 Å². The van der Waals surface area contributed by atoms with Gasteiger partial charge in [-0.15, -0.1) is 0 Å². The van der Waals surface area contributed by atoms with Gasteiger partial charge >= 0.3 is 5.97 Å². The minimum Gasteiger partial charge on any atom is -0.497 e. The molecule has 1 aromatic heterocycles. The molecule has 3 aromatic carbocycles. The number of para-hydroxylation sites is 1. The van der Waals surface area contributed by atoms with Gasteiger partial charge in [0, 0.05) is 6.07 Å². The van der Waals surface area contributed by atoms with Gasteiger partial charge in [0.2, 0.25) is 11.2 Å². The number of esters is 1. The van der Waals surface area contributed by atoms with Crippen LogP contribution in [0.1, 0.15) is 10.4 Å². The van der Waals surface area contributed by atoms with Gasteiger partial charge in [-0.25, -0.2) is 4.79 Å². The highest BCUT2D eigenvalue weighted by atomic mass is 35.5. The number of rotatable bonds is 5. The quantitative estimate of drug-likeness (QED) is 0.314. The van der Waals surface area contributed by atoms with E-state index in [0.717, 1.165) is 0 Å². The average Bonchev–Trinajstić information content (AvgIpc) is 2.77. The summed E-state index contributed by atoms with van der Waals surface area (Å²) in [5.74, 6) is 0.674. The summed E-state index contributed by atoms with van der Waals surface area (Å²) in [6.45, 7) is 0. The van der Waals surface area contributed by atoms with Gasteiger partial charge in [0.05, 0.1) is 23.1 Å². The maximum Gasteiger partial charge on any atom is 0.343 e. The fourth-order valence-electron chi connectivity index (χ4n) is 2.76. The standard InChI is InChI=1S/C23H15ClO6/c1-27-15-8-6-14(7-9-15)23(26)29-16-10-11-17-20(12-16)28-13-21(22(17)25)30-19-5-3-2-4-18(19)24/h2-13H,1H3. The van der Waals surface area contributed by atoms with Crippen molar-refractivity contribution in [3.8, 4) is 23.0 Å². The Labute approximate surface area is 176 Å². The molecular weight excluding hydrogens is 408 g/mol. The fourth-order valence-corrected chi connectivity index (χ4v) is 2.94. The number of ether oxygens (including phenoxy) is 3. The van der Waals surface area contributed by atoms with E-state index in [2.05, 4.69) is 0 Å². The lowest BCUT2D eigenvalue weighted by Gasteiger charge is -2.08. The molecule has 0 radical (unpaired) electrons. The number of hydrogen-bond acceptors (Lipinski definition) is 6. The Bertz CT molecular complexity index is 1280. The second-order valence-corrected chi connectivity index (χ2v) is 6.64. The normalized spacial score (nSPS) is 10.6. The molecule has 0 fully saturated rings. The van der Waals surface area contributed by atoms with E-state index in [1.165, 1.54) is 24.5 Å². The Morgan fingerprint density at radius 3 is 2.40 bits per heavy atom. The predicted molar refractivity (Wildman–Crippen MR) is 112 cm³/mol. The van der Waals surface area contributed by atoms with Crippen LogP contribution in [0.5, 0.6) is 23.0 Å². The molecular formula is C23H15ClO6. The molecule has 6 nitrogen and oxygen atoms in total. The number of hydrogen-bond donors (Lipinski definition) is 0. The molecule has 0 saturated heterocycles. The summed E-state index contributed by atoms with van der Waals surface area (Å²) < 4.78 is 21.5. The van der Waals surface area contributed by atoms with Crippen LogP contribution in [-0.4, -0.2) is 13.1 Å². The van der Waals surface area contributed by atoms with E-state index in [4.69, 9.17) is 30.2 Å². The van der Waals surface area contributed by atoms with Crippen molar-refractivity contribution in [1.82, 2.24) is 0 Å². The van der Waals surface area contributed by atoms with Crippen molar-refractivity contribution >= 4 is 28.5 Å². The van der Waals surface area contributed by atoms with Crippen molar-refractivity contribution in [2.75, 3.05) is 7.11 Å². The van der Waals surface area contributed by atoms with E-state index in [1.807, 2.05) is 0 Å². The largest absolute Gasteiger partial charge is 0.497 e. The summed E-state index contributed by atoms with van der Waals surface area (Å²) in [7, 11) is 1.54. The van der Waals surface area contributed by atoms with Gasteiger partial charge in [-0.1, -0.05) is 23.7 Å². The molecule has 150 valence electrons. The molecule has 1 heterocycles. The Kier molecular flexibility index (Phi) is 5.41. The van der Waals surface area contributed by atoms with E-state index < -0.39 is 5.97 Å². The molecule has 0 bridgehead atoms. The first-order chi connectivity index (χ1) is 14.5. The third-order valence-electron chi connectivity index (χ3n) is 4.31. The van der Waals surface area contributed by atoms with Crippen LogP contribution in [-0.2, 0) is 0 Å². The van der Waals surface area contributed by atoms with Gasteiger partial charge in [0.25, 0.3) is 0 Å². The summed E-state index contributed by atoms with van der Waals surface area (Å²) >= 11 is 6.07. The highest BCUT2D eigenvalue weighted by Gasteiger charge is 2.14. The first-order valence-corrected chi connectivity index (χ1v) is 9.27. The lowest BCUT2D eigenvalue weighted by Crippen LogP contribution is -2.09. The summed E-state index contributed by atoms with van der Waals surface area (Å²) in [5, 5.41) is 0.654. The zero-order chi connectivity index (χ0) is 21.1. The SMILES string of the molecule is COc1ccc(C(=O)Oc2ccc3c(=O)c(Oc4ccccc4Cl)coc3c2)cc1. The van der Waals surface area contributed by atoms with E-state index in [0.29, 0.717) is 22.1 Å². The smallest absolute Gasteiger partial charge is 0.343 e. The first kappa shape index (κ1) is 19.5. The van der Waals surface area contributed by atoms with Crippen LogP contribution in [0.25, 0.3) is 11.0 Å². The minimum absolute atomic E-state index is 0.00132. The summed E-state index contributed by atoms with van der Waals surface area (Å²) in [4.78, 5) is 25.0. The van der Waals surface area contributed by atoms with Crippen LogP contribution < -0.4 is 19.6 Å². The summed E-state index contributed by atoms with van der Waals surface area (Å²) in [6.07, 6.45) is 1.20. The fraction of sp³-hybridized carbons (Fsp3) is 0.0435. The molecule has 0 N–H and O–H groups in total. The van der Waals surface area contributed by atoms with Crippen LogP contribution in [0.4, 0.5) is 0 Å². The Morgan fingerprint density at radius 2 is 1.67 bits per heavy atom. The minimum atomic E-state index is -0.543. The van der Waals surface area contributed by atoms with Gasteiger partial charge in [-0.05, 0) is 48.5 Å². The summed E-state index contributed by atoms with van der Waals surface area (Å²) in [6, 6.07) is 17.8. The van der Waals surface area contributed by atoms with Crippen LogP contribution >= 0.6 is 11.6 Å². The van der Waals surface area contributed by atoms with E-state index in [9.17, 15) is 9.59 Å². The molecule has 0 saturated carbocycles. The van der Waals surface area contributed by atoms with E-state index in [1.54, 1.807) is 55.6 Å². The van der Waals surface area contributed by atoms with Crippen LogP contribution in [0, 0.1) is 0 Å². The van der Waals surface area contributed by atoms with Gasteiger partial charge in [-0.3, -0.25) is 4.79 Å². The van der Waals surface area contributed by atoms with Crippen molar-refractivity contribution < 1.29 is 23.4 Å². The van der Waals surface area contributed by atoms with E-state index in [-0.39, 0.29) is 27.9 Å². The number of benzene rings is 3. The van der Waals surface area contributed by atoms with Gasteiger partial charge in [-0.2, -0.15) is 0 Å². The lowest BCUT2D eigenvalue weighted by atomic mass is 10.2.